The van der Waals surface area contributed by atoms with Crippen molar-refractivity contribution in [1.29, 1.82) is 0 Å². The number of aromatic nitrogens is 4. The van der Waals surface area contributed by atoms with Gasteiger partial charge in [-0.25, -0.2) is 8.42 Å². The second-order valence-electron chi connectivity index (χ2n) is 7.28. The molecule has 0 bridgehead atoms. The summed E-state index contributed by atoms with van der Waals surface area (Å²) >= 11 is 0. The normalized spacial score (nSPS) is 18.4. The zero-order valence-electron chi connectivity index (χ0n) is 16.9. The first-order valence-electron chi connectivity index (χ1n) is 9.50. The molecule has 1 fully saturated rings. The molecular weight excluding hydrogens is 380 g/mol. The van der Waals surface area contributed by atoms with Gasteiger partial charge < -0.3 is 4.90 Å². The Bertz CT molecular complexity index is 948. The van der Waals surface area contributed by atoms with E-state index >= 15 is 0 Å². The summed E-state index contributed by atoms with van der Waals surface area (Å²) in [6, 6.07) is 1.90. The summed E-state index contributed by atoms with van der Waals surface area (Å²) in [5.41, 5.74) is 1.42. The highest BCUT2D eigenvalue weighted by molar-refractivity contribution is 7.89. The summed E-state index contributed by atoms with van der Waals surface area (Å²) in [5, 5.41) is 8.45. The molecule has 0 aliphatic carbocycles. The molecule has 10 heteroatoms. The Kier molecular flexibility index (Phi) is 5.90. The number of piperidine rings is 1. The largest absolute Gasteiger partial charge is 0.340 e. The Morgan fingerprint density at radius 1 is 1.39 bits per heavy atom. The topological polar surface area (TPSA) is 93.3 Å². The molecule has 0 spiro atoms. The van der Waals surface area contributed by atoms with Gasteiger partial charge in [0.1, 0.15) is 4.90 Å². The van der Waals surface area contributed by atoms with E-state index in [1.807, 2.05) is 23.9 Å². The third-order valence-corrected chi connectivity index (χ3v) is 7.30. The highest BCUT2D eigenvalue weighted by atomic mass is 32.2. The lowest BCUT2D eigenvalue weighted by molar-refractivity contribution is -0.135. The van der Waals surface area contributed by atoms with Crippen molar-refractivity contribution in [2.75, 3.05) is 20.1 Å². The number of nitrogens with zero attached hydrogens (tertiary/aromatic N) is 6. The first-order valence-corrected chi connectivity index (χ1v) is 10.9. The highest BCUT2D eigenvalue weighted by Gasteiger charge is 2.35. The molecule has 0 radical (unpaired) electrons. The van der Waals surface area contributed by atoms with Crippen LogP contribution < -0.4 is 0 Å². The number of hydrogen-bond acceptors (Lipinski definition) is 5. The molecule has 1 unspecified atom stereocenters. The van der Waals surface area contributed by atoms with Gasteiger partial charge >= 0.3 is 0 Å². The molecule has 154 valence electrons. The van der Waals surface area contributed by atoms with Crippen molar-refractivity contribution in [2.45, 2.75) is 44.7 Å². The van der Waals surface area contributed by atoms with Gasteiger partial charge in [-0.1, -0.05) is 0 Å². The highest BCUT2D eigenvalue weighted by Crippen LogP contribution is 2.26. The number of carbonyl (C=O) groups is 1. The van der Waals surface area contributed by atoms with Crippen molar-refractivity contribution >= 4 is 15.9 Å². The van der Waals surface area contributed by atoms with Crippen LogP contribution in [0.3, 0.4) is 0 Å². The van der Waals surface area contributed by atoms with Gasteiger partial charge in [0.05, 0.1) is 30.0 Å². The predicted molar refractivity (Wildman–Crippen MR) is 104 cm³/mol. The second kappa shape index (κ2) is 8.04. The van der Waals surface area contributed by atoms with Crippen LogP contribution in [0.1, 0.15) is 31.2 Å². The first-order chi connectivity index (χ1) is 13.2. The molecule has 0 aromatic carbocycles. The number of amides is 1. The van der Waals surface area contributed by atoms with Crippen molar-refractivity contribution in [3.63, 3.8) is 0 Å². The Morgan fingerprint density at radius 3 is 2.75 bits per heavy atom. The van der Waals surface area contributed by atoms with Crippen LogP contribution in [-0.4, -0.2) is 63.2 Å². The summed E-state index contributed by atoms with van der Waals surface area (Å²) in [7, 11) is -0.203. The van der Waals surface area contributed by atoms with Crippen molar-refractivity contribution in [2.24, 2.45) is 13.0 Å². The van der Waals surface area contributed by atoms with Crippen LogP contribution in [0.15, 0.2) is 23.4 Å². The number of aryl methyl sites for hydroxylation is 2. The quantitative estimate of drug-likeness (QED) is 0.711. The van der Waals surface area contributed by atoms with Crippen molar-refractivity contribution in [1.82, 2.24) is 28.8 Å². The van der Waals surface area contributed by atoms with Gasteiger partial charge in [0.15, 0.2) is 0 Å². The molecule has 2 aromatic heterocycles. The molecule has 1 aliphatic rings. The Morgan fingerprint density at radius 2 is 2.14 bits per heavy atom. The minimum atomic E-state index is -3.66. The van der Waals surface area contributed by atoms with E-state index < -0.39 is 10.0 Å². The van der Waals surface area contributed by atoms with E-state index in [0.29, 0.717) is 31.6 Å². The minimum Gasteiger partial charge on any atom is -0.340 e. The molecule has 0 saturated carbocycles. The first kappa shape index (κ1) is 20.5. The molecule has 9 nitrogen and oxygen atoms in total. The van der Waals surface area contributed by atoms with Gasteiger partial charge in [0.25, 0.3) is 0 Å². The SMILES string of the molecule is CCn1ccc(CN(C)C(=O)C2CCCN(S(=O)(=O)c3cnn(C)c3C)C2)n1. The van der Waals surface area contributed by atoms with Crippen LogP contribution in [-0.2, 0) is 35.0 Å². The van der Waals surface area contributed by atoms with E-state index in [9.17, 15) is 13.2 Å². The van der Waals surface area contributed by atoms with E-state index in [1.54, 1.807) is 30.6 Å². The van der Waals surface area contributed by atoms with Gasteiger partial charge in [-0.2, -0.15) is 14.5 Å². The van der Waals surface area contributed by atoms with Gasteiger partial charge in [-0.05, 0) is 32.8 Å². The van der Waals surface area contributed by atoms with Crippen molar-refractivity contribution in [3.8, 4) is 0 Å². The number of hydrogen-bond donors (Lipinski definition) is 0. The number of sulfonamides is 1. The fourth-order valence-electron chi connectivity index (χ4n) is 3.53. The van der Waals surface area contributed by atoms with E-state index in [-0.39, 0.29) is 23.3 Å². The van der Waals surface area contributed by atoms with E-state index in [4.69, 9.17) is 0 Å². The molecule has 1 saturated heterocycles. The summed E-state index contributed by atoms with van der Waals surface area (Å²) in [5.74, 6) is -0.396. The maximum absolute atomic E-state index is 13.0. The molecule has 1 amide bonds. The molecule has 3 heterocycles. The van der Waals surface area contributed by atoms with Gasteiger partial charge in [0, 0.05) is 39.9 Å². The van der Waals surface area contributed by atoms with Gasteiger partial charge in [-0.15, -0.1) is 0 Å². The van der Waals surface area contributed by atoms with Crippen LogP contribution in [0.5, 0.6) is 0 Å². The molecular formula is C18H28N6O3S. The Hall–Kier alpha value is -2.20. The smallest absolute Gasteiger partial charge is 0.246 e. The fourth-order valence-corrected chi connectivity index (χ4v) is 5.24. The lowest BCUT2D eigenvalue weighted by atomic mass is 9.98. The molecule has 3 rings (SSSR count). The predicted octanol–water partition coefficient (Wildman–Crippen LogP) is 1.00. The van der Waals surface area contributed by atoms with Crippen LogP contribution >= 0.6 is 0 Å². The van der Waals surface area contributed by atoms with Gasteiger partial charge in [-0.3, -0.25) is 14.2 Å². The Labute approximate surface area is 166 Å². The van der Waals surface area contributed by atoms with Gasteiger partial charge in [0.2, 0.25) is 15.9 Å². The molecule has 1 atom stereocenters. The van der Waals surface area contributed by atoms with Crippen LogP contribution in [0.25, 0.3) is 0 Å². The molecule has 28 heavy (non-hydrogen) atoms. The number of carbonyl (C=O) groups excluding carboxylic acids is 1. The van der Waals surface area contributed by atoms with Crippen molar-refractivity contribution in [3.05, 3.63) is 29.8 Å². The summed E-state index contributed by atoms with van der Waals surface area (Å²) in [4.78, 5) is 14.8. The maximum Gasteiger partial charge on any atom is 0.246 e. The fraction of sp³-hybridized carbons (Fsp3) is 0.611. The average molecular weight is 409 g/mol. The summed E-state index contributed by atoms with van der Waals surface area (Å²) in [6.07, 6.45) is 4.61. The third-order valence-electron chi connectivity index (χ3n) is 5.34. The Balaban J connectivity index is 1.70. The zero-order chi connectivity index (χ0) is 20.5. The lowest BCUT2D eigenvalue weighted by Gasteiger charge is -2.33. The minimum absolute atomic E-state index is 0.0474. The molecule has 2 aromatic rings. The molecule has 1 aliphatic heterocycles. The average Bonchev–Trinajstić information content (AvgIpc) is 3.28. The van der Waals surface area contributed by atoms with E-state index in [1.165, 1.54) is 10.5 Å². The maximum atomic E-state index is 13.0. The third kappa shape index (κ3) is 3.97. The molecule has 0 N–H and O–H groups in total. The monoisotopic (exact) mass is 408 g/mol. The lowest BCUT2D eigenvalue weighted by Crippen LogP contribution is -2.45. The second-order valence-corrected chi connectivity index (χ2v) is 9.18. The number of rotatable bonds is 6. The van der Waals surface area contributed by atoms with E-state index in [0.717, 1.165) is 12.2 Å². The van der Waals surface area contributed by atoms with Crippen molar-refractivity contribution < 1.29 is 13.2 Å². The van der Waals surface area contributed by atoms with E-state index in [2.05, 4.69) is 10.2 Å². The summed E-state index contributed by atoms with van der Waals surface area (Å²) in [6.45, 7) is 5.55. The zero-order valence-corrected chi connectivity index (χ0v) is 17.7. The van der Waals surface area contributed by atoms with Crippen LogP contribution in [0.4, 0.5) is 0 Å². The van der Waals surface area contributed by atoms with Crippen LogP contribution in [0.2, 0.25) is 0 Å². The standard InChI is InChI=1S/C18H28N6O3S/c1-5-23-10-8-16(20-23)13-21(3)18(25)15-7-6-9-24(12-15)28(26,27)17-11-19-22(4)14(17)2/h8,10-11,15H,5-7,9,12-13H2,1-4H3. The van der Waals surface area contributed by atoms with Crippen LogP contribution in [0, 0.1) is 12.8 Å². The summed E-state index contributed by atoms with van der Waals surface area (Å²) < 4.78 is 30.8.